The van der Waals surface area contributed by atoms with Crippen LogP contribution in [-0.4, -0.2) is 10.7 Å². The zero-order valence-electron chi connectivity index (χ0n) is 9.60. The fourth-order valence-electron chi connectivity index (χ4n) is 1.66. The highest BCUT2D eigenvalue weighted by atomic mass is 32.1. The smallest absolute Gasteiger partial charge is 0.0639 e. The molecule has 0 spiro atoms. The van der Waals surface area contributed by atoms with Crippen LogP contribution in [0.2, 0.25) is 0 Å². The zero-order valence-corrected chi connectivity index (χ0v) is 10.4. The van der Waals surface area contributed by atoms with Crippen LogP contribution in [0.15, 0.2) is 42.5 Å². The lowest BCUT2D eigenvalue weighted by Gasteiger charge is -2.14. The molecule has 0 aliphatic carbocycles. The molecule has 1 aromatic carbocycles. The molecule has 0 saturated heterocycles. The highest BCUT2D eigenvalue weighted by Gasteiger charge is 2.14. The molecule has 0 aliphatic rings. The second-order valence-electron chi connectivity index (χ2n) is 4.62. The van der Waals surface area contributed by atoms with Gasteiger partial charge in [0.15, 0.2) is 0 Å². The predicted molar refractivity (Wildman–Crippen MR) is 69.8 cm³/mol. The molecule has 2 heteroatoms. The van der Waals surface area contributed by atoms with Crippen LogP contribution in [-0.2, 0) is 6.42 Å². The molecule has 0 bridgehead atoms. The van der Waals surface area contributed by atoms with Gasteiger partial charge in [0, 0.05) is 16.2 Å². The minimum absolute atomic E-state index is 0.626. The summed E-state index contributed by atoms with van der Waals surface area (Å²) < 4.78 is 0. The third-order valence-electron chi connectivity index (χ3n) is 2.33. The first-order valence-electron chi connectivity index (χ1n) is 5.41. The molecule has 0 aliphatic heterocycles. The second-order valence-corrected chi connectivity index (χ2v) is 5.79. The van der Waals surface area contributed by atoms with E-state index in [9.17, 15) is 5.11 Å². The number of aliphatic hydroxyl groups is 1. The molecule has 1 nitrogen and oxygen atoms in total. The fourth-order valence-corrected chi connectivity index (χ4v) is 2.89. The van der Waals surface area contributed by atoms with Gasteiger partial charge in [-0.1, -0.05) is 30.3 Å². The number of benzene rings is 1. The van der Waals surface area contributed by atoms with Gasteiger partial charge in [0.25, 0.3) is 0 Å². The first kappa shape index (κ1) is 11.4. The van der Waals surface area contributed by atoms with Crippen LogP contribution in [0.4, 0.5) is 0 Å². The Labute approximate surface area is 100 Å². The summed E-state index contributed by atoms with van der Waals surface area (Å²) in [5.74, 6) is 0. The lowest BCUT2D eigenvalue weighted by Crippen LogP contribution is -2.20. The lowest BCUT2D eigenvalue weighted by molar-refractivity contribution is 0.0818. The van der Waals surface area contributed by atoms with Crippen molar-refractivity contribution in [1.82, 2.24) is 0 Å². The number of thiophene rings is 1. The summed E-state index contributed by atoms with van der Waals surface area (Å²) in [6, 6.07) is 14.6. The topological polar surface area (TPSA) is 20.2 Å². The Bertz CT molecular complexity index is 451. The van der Waals surface area contributed by atoms with Crippen molar-refractivity contribution in [3.05, 3.63) is 47.3 Å². The van der Waals surface area contributed by atoms with Gasteiger partial charge in [0.1, 0.15) is 0 Å². The molecule has 0 atom stereocenters. The summed E-state index contributed by atoms with van der Waals surface area (Å²) in [6.45, 7) is 3.68. The maximum Gasteiger partial charge on any atom is 0.0639 e. The van der Waals surface area contributed by atoms with Crippen LogP contribution in [0.3, 0.4) is 0 Å². The fraction of sp³-hybridized carbons (Fsp3) is 0.286. The van der Waals surface area contributed by atoms with Gasteiger partial charge in [-0.15, -0.1) is 11.3 Å². The Morgan fingerprint density at radius 2 is 1.75 bits per heavy atom. The second kappa shape index (κ2) is 4.40. The van der Waals surface area contributed by atoms with Gasteiger partial charge in [-0.25, -0.2) is 0 Å². The van der Waals surface area contributed by atoms with Crippen molar-refractivity contribution in [3.8, 4) is 10.4 Å². The molecular formula is C14H16OS. The molecule has 0 unspecified atom stereocenters. The molecule has 0 fully saturated rings. The average Bonchev–Trinajstić information content (AvgIpc) is 2.65. The number of hydrogen-bond donors (Lipinski definition) is 1. The molecule has 16 heavy (non-hydrogen) atoms. The van der Waals surface area contributed by atoms with Crippen LogP contribution < -0.4 is 0 Å². The van der Waals surface area contributed by atoms with Gasteiger partial charge in [0.05, 0.1) is 5.60 Å². The number of rotatable bonds is 3. The predicted octanol–water partition coefficient (Wildman–Crippen LogP) is 3.73. The first-order valence-corrected chi connectivity index (χ1v) is 6.23. The SMILES string of the molecule is CC(C)(O)Cc1ccc(-c2ccccc2)s1. The maximum absolute atomic E-state index is 9.76. The van der Waals surface area contributed by atoms with Crippen molar-refractivity contribution in [3.63, 3.8) is 0 Å². The van der Waals surface area contributed by atoms with Crippen molar-refractivity contribution in [2.45, 2.75) is 25.9 Å². The minimum atomic E-state index is -0.626. The average molecular weight is 232 g/mol. The molecule has 1 N–H and O–H groups in total. The van der Waals surface area contributed by atoms with E-state index in [0.717, 1.165) is 0 Å². The summed E-state index contributed by atoms with van der Waals surface area (Å²) in [4.78, 5) is 2.49. The standard InChI is InChI=1S/C14H16OS/c1-14(2,15)10-12-8-9-13(16-12)11-6-4-3-5-7-11/h3-9,15H,10H2,1-2H3. The molecular weight excluding hydrogens is 216 g/mol. The van der Waals surface area contributed by atoms with Crippen molar-refractivity contribution in [1.29, 1.82) is 0 Å². The molecule has 0 radical (unpaired) electrons. The van der Waals surface area contributed by atoms with Gasteiger partial charge in [-0.3, -0.25) is 0 Å². The van der Waals surface area contributed by atoms with E-state index in [2.05, 4.69) is 24.3 Å². The molecule has 0 amide bonds. The molecule has 1 aromatic heterocycles. The normalized spacial score (nSPS) is 11.7. The first-order chi connectivity index (χ1) is 7.54. The van der Waals surface area contributed by atoms with Crippen molar-refractivity contribution < 1.29 is 5.11 Å². The van der Waals surface area contributed by atoms with Crippen molar-refractivity contribution >= 4 is 11.3 Å². The molecule has 2 aromatic rings. The van der Waals surface area contributed by atoms with Crippen LogP contribution in [0.5, 0.6) is 0 Å². The summed E-state index contributed by atoms with van der Waals surface area (Å²) in [5, 5.41) is 9.76. The van der Waals surface area contributed by atoms with Crippen LogP contribution in [0, 0.1) is 0 Å². The maximum atomic E-state index is 9.76. The zero-order chi connectivity index (χ0) is 11.6. The van der Waals surface area contributed by atoms with Crippen LogP contribution >= 0.6 is 11.3 Å². The summed E-state index contributed by atoms with van der Waals surface area (Å²) in [7, 11) is 0. The van der Waals surface area contributed by atoms with E-state index in [-0.39, 0.29) is 0 Å². The van der Waals surface area contributed by atoms with E-state index < -0.39 is 5.60 Å². The van der Waals surface area contributed by atoms with E-state index in [1.807, 2.05) is 32.0 Å². The van der Waals surface area contributed by atoms with Gasteiger partial charge in [-0.05, 0) is 31.5 Å². The Balaban J connectivity index is 2.21. The summed E-state index contributed by atoms with van der Waals surface area (Å²) >= 11 is 1.75. The van der Waals surface area contributed by atoms with Gasteiger partial charge < -0.3 is 5.11 Å². The Morgan fingerprint density at radius 3 is 2.38 bits per heavy atom. The molecule has 0 saturated carbocycles. The van der Waals surface area contributed by atoms with E-state index in [1.165, 1.54) is 15.3 Å². The third-order valence-corrected chi connectivity index (χ3v) is 3.46. The molecule has 84 valence electrons. The van der Waals surface area contributed by atoms with E-state index in [0.29, 0.717) is 6.42 Å². The minimum Gasteiger partial charge on any atom is -0.390 e. The van der Waals surface area contributed by atoms with Gasteiger partial charge in [0.2, 0.25) is 0 Å². The summed E-state index contributed by atoms with van der Waals surface area (Å²) in [6.07, 6.45) is 0.713. The van der Waals surface area contributed by atoms with Gasteiger partial charge >= 0.3 is 0 Å². The monoisotopic (exact) mass is 232 g/mol. The lowest BCUT2D eigenvalue weighted by atomic mass is 10.0. The Kier molecular flexibility index (Phi) is 3.13. The van der Waals surface area contributed by atoms with Crippen molar-refractivity contribution in [2.75, 3.05) is 0 Å². The quantitative estimate of drug-likeness (QED) is 0.855. The van der Waals surface area contributed by atoms with E-state index in [1.54, 1.807) is 11.3 Å². The van der Waals surface area contributed by atoms with Crippen LogP contribution in [0.25, 0.3) is 10.4 Å². The van der Waals surface area contributed by atoms with E-state index in [4.69, 9.17) is 0 Å². The Morgan fingerprint density at radius 1 is 1.06 bits per heavy atom. The van der Waals surface area contributed by atoms with Crippen LogP contribution in [0.1, 0.15) is 18.7 Å². The third kappa shape index (κ3) is 2.94. The van der Waals surface area contributed by atoms with Gasteiger partial charge in [-0.2, -0.15) is 0 Å². The highest BCUT2D eigenvalue weighted by molar-refractivity contribution is 7.15. The van der Waals surface area contributed by atoms with Crippen molar-refractivity contribution in [2.24, 2.45) is 0 Å². The highest BCUT2D eigenvalue weighted by Crippen LogP contribution is 2.29. The Hall–Kier alpha value is -1.12. The van der Waals surface area contributed by atoms with E-state index >= 15 is 0 Å². The molecule has 1 heterocycles. The number of hydrogen-bond acceptors (Lipinski definition) is 2. The largest absolute Gasteiger partial charge is 0.390 e. The molecule has 2 rings (SSSR count). The summed E-state index contributed by atoms with van der Waals surface area (Å²) in [5.41, 5.74) is 0.619.